The van der Waals surface area contributed by atoms with Gasteiger partial charge in [0.05, 0.1) is 6.04 Å². The van der Waals surface area contributed by atoms with Gasteiger partial charge in [-0.15, -0.1) is 0 Å². The molecule has 2 N–H and O–H groups in total. The summed E-state index contributed by atoms with van der Waals surface area (Å²) in [4.78, 5) is 4.17. The quantitative estimate of drug-likeness (QED) is 0.779. The number of hydrogen-bond donors (Lipinski definition) is 1. The highest BCUT2D eigenvalue weighted by Crippen LogP contribution is 2.16. The first-order valence-electron chi connectivity index (χ1n) is 4.89. The zero-order valence-corrected chi connectivity index (χ0v) is 8.86. The number of rotatable bonds is 5. The van der Waals surface area contributed by atoms with E-state index < -0.39 is 0 Å². The molecule has 0 radical (unpaired) electrons. The minimum Gasteiger partial charge on any atom is -0.371 e. The van der Waals surface area contributed by atoms with Crippen molar-refractivity contribution in [3.8, 4) is 0 Å². The van der Waals surface area contributed by atoms with Crippen molar-refractivity contribution >= 4 is 0 Å². The predicted molar refractivity (Wildman–Crippen MR) is 51.6 cm³/mol. The Labute approximate surface area is 83.6 Å². The molecule has 0 saturated carbocycles. The summed E-state index contributed by atoms with van der Waals surface area (Å²) in [7, 11) is 0. The molecule has 1 aromatic heterocycles. The summed E-state index contributed by atoms with van der Waals surface area (Å²) in [5, 5.41) is 3.81. The van der Waals surface area contributed by atoms with Gasteiger partial charge in [-0.25, -0.2) is 0 Å². The summed E-state index contributed by atoms with van der Waals surface area (Å²) in [6.07, 6.45) is 0.645. The monoisotopic (exact) mass is 199 g/mol. The Bertz CT molecular complexity index is 275. The van der Waals surface area contributed by atoms with E-state index in [0.29, 0.717) is 18.3 Å². The van der Waals surface area contributed by atoms with Crippen LogP contribution in [-0.4, -0.2) is 16.7 Å². The fourth-order valence-electron chi connectivity index (χ4n) is 1.06. The first-order valence-corrected chi connectivity index (χ1v) is 4.89. The second-order valence-corrected chi connectivity index (χ2v) is 3.10. The third-order valence-corrected chi connectivity index (χ3v) is 1.99. The predicted octanol–water partition coefficient (Wildman–Crippen LogP) is 1.58. The van der Waals surface area contributed by atoms with Crippen LogP contribution in [-0.2, 0) is 4.74 Å². The fourth-order valence-corrected chi connectivity index (χ4v) is 1.06. The Morgan fingerprint density at radius 2 is 2.21 bits per heavy atom. The average Bonchev–Trinajstić information content (AvgIpc) is 2.66. The Kier molecular flexibility index (Phi) is 4.03. The maximum Gasteiger partial charge on any atom is 0.243 e. The molecule has 2 unspecified atom stereocenters. The molecule has 0 saturated heterocycles. The minimum atomic E-state index is -0.176. The molecule has 5 nitrogen and oxygen atoms in total. The molecule has 2 atom stereocenters. The average molecular weight is 199 g/mol. The Morgan fingerprint density at radius 3 is 2.79 bits per heavy atom. The first-order chi connectivity index (χ1) is 6.69. The van der Waals surface area contributed by atoms with Crippen molar-refractivity contribution in [2.45, 2.75) is 39.3 Å². The molecular weight excluding hydrogens is 182 g/mol. The van der Waals surface area contributed by atoms with Crippen LogP contribution in [0.1, 0.15) is 51.1 Å². The number of nitrogens with zero attached hydrogens (tertiary/aromatic N) is 2. The summed E-state index contributed by atoms with van der Waals surface area (Å²) in [5.41, 5.74) is 5.74. The second kappa shape index (κ2) is 5.07. The normalized spacial score (nSPS) is 15.4. The summed E-state index contributed by atoms with van der Waals surface area (Å²) in [6, 6.07) is -0.176. The van der Waals surface area contributed by atoms with Crippen molar-refractivity contribution in [3.63, 3.8) is 0 Å². The van der Waals surface area contributed by atoms with Crippen LogP contribution in [0, 0.1) is 0 Å². The van der Waals surface area contributed by atoms with E-state index in [1.807, 2.05) is 20.8 Å². The van der Waals surface area contributed by atoms with Gasteiger partial charge in [-0.3, -0.25) is 0 Å². The van der Waals surface area contributed by atoms with Crippen LogP contribution in [0.3, 0.4) is 0 Å². The third kappa shape index (κ3) is 2.52. The molecule has 5 heteroatoms. The van der Waals surface area contributed by atoms with Gasteiger partial charge in [-0.2, -0.15) is 4.98 Å². The van der Waals surface area contributed by atoms with Crippen LogP contribution in [0.2, 0.25) is 0 Å². The van der Waals surface area contributed by atoms with Crippen molar-refractivity contribution in [1.82, 2.24) is 10.1 Å². The molecule has 0 fully saturated rings. The number of ether oxygens (including phenoxy) is 1. The molecule has 0 aliphatic carbocycles. The lowest BCUT2D eigenvalue weighted by atomic mass is 10.2. The number of aromatic nitrogens is 2. The molecule has 1 aromatic rings. The molecule has 1 rings (SSSR count). The summed E-state index contributed by atoms with van der Waals surface area (Å²) in [6.45, 7) is 6.41. The topological polar surface area (TPSA) is 74.2 Å². The third-order valence-electron chi connectivity index (χ3n) is 1.99. The molecule has 0 bridgehead atoms. The largest absolute Gasteiger partial charge is 0.371 e. The highest BCUT2D eigenvalue weighted by Gasteiger charge is 2.16. The molecule has 0 aliphatic heterocycles. The fraction of sp³-hybridized carbons (Fsp3) is 0.778. The van der Waals surface area contributed by atoms with Gasteiger partial charge < -0.3 is 15.0 Å². The van der Waals surface area contributed by atoms with Crippen molar-refractivity contribution in [2.75, 3.05) is 6.61 Å². The van der Waals surface area contributed by atoms with Crippen molar-refractivity contribution in [3.05, 3.63) is 11.7 Å². The lowest BCUT2D eigenvalue weighted by Gasteiger charge is -2.05. The van der Waals surface area contributed by atoms with E-state index in [4.69, 9.17) is 15.0 Å². The molecule has 0 aromatic carbocycles. The molecule has 0 amide bonds. The summed E-state index contributed by atoms with van der Waals surface area (Å²) >= 11 is 0. The molecule has 0 spiro atoms. The van der Waals surface area contributed by atoms with E-state index in [2.05, 4.69) is 10.1 Å². The smallest absolute Gasteiger partial charge is 0.243 e. The van der Waals surface area contributed by atoms with Crippen molar-refractivity contribution < 1.29 is 9.26 Å². The van der Waals surface area contributed by atoms with Crippen LogP contribution >= 0.6 is 0 Å². The van der Waals surface area contributed by atoms with E-state index in [-0.39, 0.29) is 12.1 Å². The van der Waals surface area contributed by atoms with E-state index in [9.17, 15) is 0 Å². The highest BCUT2D eigenvalue weighted by molar-refractivity contribution is 4.93. The zero-order chi connectivity index (χ0) is 10.6. The molecule has 14 heavy (non-hydrogen) atoms. The Hall–Kier alpha value is -0.940. The van der Waals surface area contributed by atoms with Crippen LogP contribution in [0.15, 0.2) is 4.52 Å². The van der Waals surface area contributed by atoms with E-state index >= 15 is 0 Å². The van der Waals surface area contributed by atoms with Crippen LogP contribution in [0.5, 0.6) is 0 Å². The van der Waals surface area contributed by atoms with Crippen molar-refractivity contribution in [2.24, 2.45) is 5.73 Å². The van der Waals surface area contributed by atoms with E-state index in [1.54, 1.807) is 0 Å². The first kappa shape index (κ1) is 11.1. The lowest BCUT2D eigenvalue weighted by Crippen LogP contribution is -2.09. The molecule has 1 heterocycles. The maximum atomic E-state index is 5.74. The Balaban J connectivity index is 2.67. The van der Waals surface area contributed by atoms with Gasteiger partial charge in [0.15, 0.2) is 5.82 Å². The van der Waals surface area contributed by atoms with Crippen LogP contribution < -0.4 is 5.73 Å². The van der Waals surface area contributed by atoms with Gasteiger partial charge in [0, 0.05) is 6.61 Å². The van der Waals surface area contributed by atoms with Gasteiger partial charge in [0.25, 0.3) is 0 Å². The second-order valence-electron chi connectivity index (χ2n) is 3.10. The van der Waals surface area contributed by atoms with Gasteiger partial charge in [0.2, 0.25) is 5.89 Å². The van der Waals surface area contributed by atoms with Crippen LogP contribution in [0.25, 0.3) is 0 Å². The van der Waals surface area contributed by atoms with Gasteiger partial charge in [-0.05, 0) is 20.3 Å². The highest BCUT2D eigenvalue weighted by atomic mass is 16.5. The number of nitrogens with two attached hydrogens (primary N) is 1. The minimum absolute atomic E-state index is 0.137. The van der Waals surface area contributed by atoms with Gasteiger partial charge in [0.1, 0.15) is 6.10 Å². The Morgan fingerprint density at radius 1 is 1.50 bits per heavy atom. The summed E-state index contributed by atoms with van der Waals surface area (Å²) in [5.74, 6) is 1.04. The SMILES string of the molecule is CCOC(C)c1noc(C(N)CC)n1. The maximum absolute atomic E-state index is 5.74. The van der Waals surface area contributed by atoms with E-state index in [0.717, 1.165) is 6.42 Å². The molecule has 80 valence electrons. The standard InChI is InChI=1S/C9H17N3O2/c1-4-7(10)9-11-8(12-14-9)6(3)13-5-2/h6-7H,4-5,10H2,1-3H3. The molecular formula is C9H17N3O2. The number of hydrogen-bond acceptors (Lipinski definition) is 5. The van der Waals surface area contributed by atoms with Gasteiger partial charge >= 0.3 is 0 Å². The van der Waals surface area contributed by atoms with Crippen molar-refractivity contribution in [1.29, 1.82) is 0 Å². The summed E-state index contributed by atoms with van der Waals surface area (Å²) < 4.78 is 10.3. The zero-order valence-electron chi connectivity index (χ0n) is 8.86. The van der Waals surface area contributed by atoms with Crippen LogP contribution in [0.4, 0.5) is 0 Å². The lowest BCUT2D eigenvalue weighted by molar-refractivity contribution is 0.0683. The van der Waals surface area contributed by atoms with E-state index in [1.165, 1.54) is 0 Å². The van der Waals surface area contributed by atoms with Gasteiger partial charge in [-0.1, -0.05) is 12.1 Å². The molecule has 0 aliphatic rings.